The van der Waals surface area contributed by atoms with Gasteiger partial charge in [-0.2, -0.15) is 0 Å². The highest BCUT2D eigenvalue weighted by atomic mass is 79.9. The summed E-state index contributed by atoms with van der Waals surface area (Å²) in [5, 5.41) is 26.3. The molecule has 3 rings (SSSR count). The van der Waals surface area contributed by atoms with Crippen molar-refractivity contribution in [3.8, 4) is 5.75 Å². The fraction of sp³-hybridized carbons (Fsp3) is 0.480. The SMILES string of the molecule is COc1ccc(Br)cc1[C@@H](Nc1ncc(C(=O)NCC2CCC(C(=O)O)CC2)cc1Cl)C(C)(C)O. The molecule has 8 nitrogen and oxygen atoms in total. The van der Waals surface area contributed by atoms with Gasteiger partial charge in [0.2, 0.25) is 0 Å². The van der Waals surface area contributed by atoms with E-state index < -0.39 is 17.6 Å². The Morgan fingerprint density at radius 3 is 2.51 bits per heavy atom. The van der Waals surface area contributed by atoms with Crippen LogP contribution in [-0.4, -0.2) is 46.3 Å². The lowest BCUT2D eigenvalue weighted by Gasteiger charge is -2.32. The van der Waals surface area contributed by atoms with Gasteiger partial charge in [0.05, 0.1) is 35.3 Å². The predicted molar refractivity (Wildman–Crippen MR) is 138 cm³/mol. The molecule has 1 saturated carbocycles. The van der Waals surface area contributed by atoms with Gasteiger partial charge in [0.15, 0.2) is 0 Å². The minimum absolute atomic E-state index is 0.239. The number of amides is 1. The van der Waals surface area contributed by atoms with Crippen LogP contribution < -0.4 is 15.4 Å². The van der Waals surface area contributed by atoms with Gasteiger partial charge in [-0.1, -0.05) is 27.5 Å². The summed E-state index contributed by atoms with van der Waals surface area (Å²) in [6.07, 6.45) is 4.25. The van der Waals surface area contributed by atoms with Crippen molar-refractivity contribution in [2.45, 2.75) is 51.2 Å². The summed E-state index contributed by atoms with van der Waals surface area (Å²) >= 11 is 9.93. The van der Waals surface area contributed by atoms with Crippen LogP contribution in [0.5, 0.6) is 5.75 Å². The van der Waals surface area contributed by atoms with Gasteiger partial charge in [0.1, 0.15) is 11.6 Å². The van der Waals surface area contributed by atoms with Crippen LogP contribution in [0.1, 0.15) is 61.5 Å². The topological polar surface area (TPSA) is 121 Å². The molecule has 4 N–H and O–H groups in total. The third-order valence-corrected chi connectivity index (χ3v) is 7.12. The van der Waals surface area contributed by atoms with Crippen LogP contribution in [0.25, 0.3) is 0 Å². The number of pyridine rings is 1. The van der Waals surface area contributed by atoms with E-state index in [2.05, 4.69) is 31.5 Å². The van der Waals surface area contributed by atoms with Gasteiger partial charge in [0, 0.05) is 22.8 Å². The zero-order chi connectivity index (χ0) is 25.8. The molecule has 0 unspecified atom stereocenters. The van der Waals surface area contributed by atoms with Gasteiger partial charge in [-0.05, 0) is 69.7 Å². The van der Waals surface area contributed by atoms with Crippen LogP contribution in [-0.2, 0) is 4.79 Å². The number of carbonyl (C=O) groups excluding carboxylic acids is 1. The van der Waals surface area contributed by atoms with Gasteiger partial charge in [0.25, 0.3) is 5.91 Å². The molecular weight excluding hydrogens is 538 g/mol. The summed E-state index contributed by atoms with van der Waals surface area (Å²) in [7, 11) is 1.56. The predicted octanol–water partition coefficient (Wildman–Crippen LogP) is 5.05. The number of hydrogen-bond acceptors (Lipinski definition) is 6. The normalized spacial score (nSPS) is 19.0. The number of benzene rings is 1. The first kappa shape index (κ1) is 27.2. The first-order chi connectivity index (χ1) is 16.5. The van der Waals surface area contributed by atoms with E-state index in [1.807, 2.05) is 12.1 Å². The Bertz CT molecular complexity index is 1070. The highest BCUT2D eigenvalue weighted by Crippen LogP contribution is 2.38. The zero-order valence-electron chi connectivity index (χ0n) is 20.0. The molecule has 0 spiro atoms. The molecule has 190 valence electrons. The lowest BCUT2D eigenvalue weighted by molar-refractivity contribution is -0.143. The standard InChI is InChI=1S/C25H31BrClN3O5/c1-25(2,34)21(18-11-17(26)8-9-20(18)35-3)30-22-19(27)10-16(13-28-22)23(31)29-12-14-4-6-15(7-5-14)24(32)33/h8-11,13-15,21,34H,4-7,12H2,1-3H3,(H,28,30)(H,29,31)(H,32,33)/t14?,15?,21-/m1/s1. The number of aliphatic carboxylic acids is 1. The maximum Gasteiger partial charge on any atom is 0.306 e. The molecule has 0 aliphatic heterocycles. The lowest BCUT2D eigenvalue weighted by Crippen LogP contribution is -2.35. The van der Waals surface area contributed by atoms with Crippen LogP contribution in [0.4, 0.5) is 5.82 Å². The first-order valence-corrected chi connectivity index (χ1v) is 12.7. The van der Waals surface area contributed by atoms with Crippen molar-refractivity contribution in [2.75, 3.05) is 19.0 Å². The van der Waals surface area contributed by atoms with E-state index in [0.29, 0.717) is 42.1 Å². The summed E-state index contributed by atoms with van der Waals surface area (Å²) in [5.41, 5.74) is -0.166. The maximum absolute atomic E-state index is 12.7. The molecule has 1 heterocycles. The van der Waals surface area contributed by atoms with Crippen molar-refractivity contribution in [1.29, 1.82) is 0 Å². The number of rotatable bonds is 9. The van der Waals surface area contributed by atoms with Gasteiger partial charge >= 0.3 is 5.97 Å². The number of nitrogens with zero attached hydrogens (tertiary/aromatic N) is 1. The third-order valence-electron chi connectivity index (χ3n) is 6.34. The monoisotopic (exact) mass is 567 g/mol. The Hall–Kier alpha value is -2.36. The minimum atomic E-state index is -1.20. The molecule has 1 aliphatic carbocycles. The average molecular weight is 569 g/mol. The number of methoxy groups -OCH3 is 1. The second kappa shape index (κ2) is 11.6. The summed E-state index contributed by atoms with van der Waals surface area (Å²) in [5.74, 6) is -0.144. The van der Waals surface area contributed by atoms with E-state index >= 15 is 0 Å². The molecule has 1 fully saturated rings. The number of carboxylic acids is 1. The second-order valence-electron chi connectivity index (χ2n) is 9.44. The van der Waals surface area contributed by atoms with Crippen LogP contribution in [0, 0.1) is 11.8 Å². The van der Waals surface area contributed by atoms with Crippen molar-refractivity contribution < 1.29 is 24.5 Å². The highest BCUT2D eigenvalue weighted by molar-refractivity contribution is 9.10. The number of anilines is 1. The van der Waals surface area contributed by atoms with E-state index in [1.165, 1.54) is 12.3 Å². The van der Waals surface area contributed by atoms with Gasteiger partial charge in [-0.15, -0.1) is 0 Å². The van der Waals surface area contributed by atoms with Crippen LogP contribution in [0.15, 0.2) is 34.9 Å². The number of halogens is 2. The van der Waals surface area contributed by atoms with Gasteiger partial charge in [-0.25, -0.2) is 4.98 Å². The molecular formula is C25H31BrClN3O5. The molecule has 1 amide bonds. The van der Waals surface area contributed by atoms with E-state index in [-0.39, 0.29) is 22.8 Å². The number of aliphatic hydroxyl groups is 1. The Balaban J connectivity index is 1.69. The van der Waals surface area contributed by atoms with Crippen LogP contribution >= 0.6 is 27.5 Å². The fourth-order valence-corrected chi connectivity index (χ4v) is 4.92. The van der Waals surface area contributed by atoms with E-state index in [0.717, 1.165) is 17.3 Å². The number of nitrogens with one attached hydrogen (secondary N) is 2. The minimum Gasteiger partial charge on any atom is -0.496 e. The van der Waals surface area contributed by atoms with Crippen molar-refractivity contribution in [1.82, 2.24) is 10.3 Å². The highest BCUT2D eigenvalue weighted by Gasteiger charge is 2.32. The van der Waals surface area contributed by atoms with Crippen molar-refractivity contribution in [3.05, 3.63) is 51.1 Å². The smallest absolute Gasteiger partial charge is 0.306 e. The third kappa shape index (κ3) is 7.08. The Labute approximate surface area is 218 Å². The molecule has 35 heavy (non-hydrogen) atoms. The molecule has 1 aromatic carbocycles. The quantitative estimate of drug-likeness (QED) is 0.334. The van der Waals surface area contributed by atoms with Gasteiger partial charge in [-0.3, -0.25) is 9.59 Å². The number of carbonyl (C=O) groups is 2. The van der Waals surface area contributed by atoms with Crippen molar-refractivity contribution in [2.24, 2.45) is 11.8 Å². The Morgan fingerprint density at radius 1 is 1.26 bits per heavy atom. The van der Waals surface area contributed by atoms with E-state index in [4.69, 9.17) is 21.4 Å². The van der Waals surface area contributed by atoms with Crippen LogP contribution in [0.3, 0.4) is 0 Å². The van der Waals surface area contributed by atoms with Crippen LogP contribution in [0.2, 0.25) is 5.02 Å². The summed E-state index contributed by atoms with van der Waals surface area (Å²) < 4.78 is 6.31. The summed E-state index contributed by atoms with van der Waals surface area (Å²) in [6, 6.07) is 6.43. The van der Waals surface area contributed by atoms with E-state index in [1.54, 1.807) is 27.0 Å². The summed E-state index contributed by atoms with van der Waals surface area (Å²) in [6.45, 7) is 3.82. The Kier molecular flexibility index (Phi) is 9.01. The fourth-order valence-electron chi connectivity index (χ4n) is 4.32. The molecule has 0 radical (unpaired) electrons. The number of hydrogen-bond donors (Lipinski definition) is 4. The average Bonchev–Trinajstić information content (AvgIpc) is 2.81. The maximum atomic E-state index is 12.7. The van der Waals surface area contributed by atoms with Gasteiger partial charge < -0.3 is 25.6 Å². The Morgan fingerprint density at radius 2 is 1.94 bits per heavy atom. The number of carboxylic acid groups (broad SMARTS) is 1. The second-order valence-corrected chi connectivity index (χ2v) is 10.8. The number of ether oxygens (including phenoxy) is 1. The van der Waals surface area contributed by atoms with E-state index in [9.17, 15) is 14.7 Å². The van der Waals surface area contributed by atoms with Crippen molar-refractivity contribution in [3.63, 3.8) is 0 Å². The molecule has 1 aromatic heterocycles. The first-order valence-electron chi connectivity index (χ1n) is 11.5. The summed E-state index contributed by atoms with van der Waals surface area (Å²) in [4.78, 5) is 28.1. The zero-order valence-corrected chi connectivity index (χ0v) is 22.3. The largest absolute Gasteiger partial charge is 0.496 e. The lowest BCUT2D eigenvalue weighted by atomic mass is 9.82. The van der Waals surface area contributed by atoms with Crippen molar-refractivity contribution >= 4 is 45.2 Å². The molecule has 0 saturated heterocycles. The number of aromatic nitrogens is 1. The molecule has 10 heteroatoms. The molecule has 1 aliphatic rings. The molecule has 2 aromatic rings. The molecule has 0 bridgehead atoms. The molecule has 1 atom stereocenters.